The van der Waals surface area contributed by atoms with Crippen LogP contribution in [0.25, 0.3) is 0 Å². The predicted molar refractivity (Wildman–Crippen MR) is 107 cm³/mol. The normalized spacial score (nSPS) is 14.2. The monoisotopic (exact) mass is 401 g/mol. The van der Waals surface area contributed by atoms with Gasteiger partial charge in [-0.1, -0.05) is 25.0 Å². The van der Waals surface area contributed by atoms with Gasteiger partial charge in [0, 0.05) is 26.3 Å². The van der Waals surface area contributed by atoms with Crippen LogP contribution < -0.4 is 15.6 Å². The third kappa shape index (κ3) is 5.22. The van der Waals surface area contributed by atoms with Gasteiger partial charge in [-0.15, -0.1) is 0 Å². The molecule has 0 spiro atoms. The van der Waals surface area contributed by atoms with Gasteiger partial charge in [0.05, 0.1) is 5.56 Å². The third-order valence-corrected chi connectivity index (χ3v) is 4.79. The SMILES string of the molecule is Cn1cc(C(=O)N2CCCCCC2)cc(NC(=O)COc2ccccc2F)c1=O. The fourth-order valence-corrected chi connectivity index (χ4v) is 3.27. The first-order chi connectivity index (χ1) is 14.0. The van der Waals surface area contributed by atoms with Crippen molar-refractivity contribution in [2.24, 2.45) is 7.05 Å². The Morgan fingerprint density at radius 3 is 2.52 bits per heavy atom. The van der Waals surface area contributed by atoms with E-state index < -0.39 is 23.9 Å². The number of aromatic nitrogens is 1. The predicted octanol–water partition coefficient (Wildman–Crippen LogP) is 2.56. The Balaban J connectivity index is 1.71. The summed E-state index contributed by atoms with van der Waals surface area (Å²) in [5, 5.41) is 2.46. The van der Waals surface area contributed by atoms with Crippen molar-refractivity contribution in [2.75, 3.05) is 25.0 Å². The van der Waals surface area contributed by atoms with E-state index in [-0.39, 0.29) is 17.3 Å². The van der Waals surface area contributed by atoms with Crippen LogP contribution in [0.2, 0.25) is 0 Å². The molecule has 0 bridgehead atoms. The molecule has 0 unspecified atom stereocenters. The second kappa shape index (κ2) is 9.36. The molecule has 1 saturated heterocycles. The number of carbonyl (C=O) groups is 2. The van der Waals surface area contributed by atoms with Crippen molar-refractivity contribution in [1.29, 1.82) is 0 Å². The van der Waals surface area contributed by atoms with E-state index in [0.29, 0.717) is 18.7 Å². The number of carbonyl (C=O) groups excluding carboxylic acids is 2. The van der Waals surface area contributed by atoms with Crippen molar-refractivity contribution in [3.63, 3.8) is 0 Å². The lowest BCUT2D eigenvalue weighted by Crippen LogP contribution is -2.34. The zero-order valence-electron chi connectivity index (χ0n) is 16.3. The number of likely N-dealkylation sites (tertiary alicyclic amines) is 1. The summed E-state index contributed by atoms with van der Waals surface area (Å²) >= 11 is 0. The Morgan fingerprint density at radius 1 is 1.14 bits per heavy atom. The van der Waals surface area contributed by atoms with Crippen LogP contribution in [0.5, 0.6) is 5.75 Å². The molecule has 8 heteroatoms. The molecule has 0 aliphatic carbocycles. The highest BCUT2D eigenvalue weighted by Crippen LogP contribution is 2.16. The number of nitrogens with zero attached hydrogens (tertiary/aromatic N) is 2. The van der Waals surface area contributed by atoms with Gasteiger partial charge < -0.3 is 19.5 Å². The van der Waals surface area contributed by atoms with Crippen molar-refractivity contribution in [2.45, 2.75) is 25.7 Å². The van der Waals surface area contributed by atoms with Gasteiger partial charge in [-0.3, -0.25) is 14.4 Å². The molecule has 7 nitrogen and oxygen atoms in total. The van der Waals surface area contributed by atoms with Crippen LogP contribution in [0, 0.1) is 5.82 Å². The molecule has 1 aromatic heterocycles. The molecule has 2 aromatic rings. The highest BCUT2D eigenvalue weighted by atomic mass is 19.1. The molecule has 154 valence electrons. The number of nitrogens with one attached hydrogen (secondary N) is 1. The Hall–Kier alpha value is -3.16. The molecule has 1 aliphatic rings. The number of benzene rings is 1. The number of anilines is 1. The van der Waals surface area contributed by atoms with E-state index in [1.165, 1.54) is 42.1 Å². The van der Waals surface area contributed by atoms with Gasteiger partial charge in [-0.2, -0.15) is 0 Å². The van der Waals surface area contributed by atoms with Gasteiger partial charge in [0.15, 0.2) is 18.2 Å². The van der Waals surface area contributed by atoms with Crippen molar-refractivity contribution >= 4 is 17.5 Å². The standard InChI is InChI=1S/C21H24FN3O4/c1-24-13-15(20(27)25-10-6-2-3-7-11-25)12-17(21(24)28)23-19(26)14-29-18-9-5-4-8-16(18)22/h4-5,8-9,12-13H,2-3,6-7,10-11,14H2,1H3,(H,23,26). The number of halogens is 1. The molecular formula is C21H24FN3O4. The van der Waals surface area contributed by atoms with Crippen LogP contribution in [0.4, 0.5) is 10.1 Å². The first kappa shape index (κ1) is 20.6. The average molecular weight is 401 g/mol. The van der Waals surface area contributed by atoms with Crippen molar-refractivity contribution < 1.29 is 18.7 Å². The van der Waals surface area contributed by atoms with Crippen molar-refractivity contribution in [3.8, 4) is 5.75 Å². The molecule has 1 fully saturated rings. The summed E-state index contributed by atoms with van der Waals surface area (Å²) in [5.41, 5.74) is -0.133. The fraction of sp³-hybridized carbons (Fsp3) is 0.381. The number of hydrogen-bond acceptors (Lipinski definition) is 4. The second-order valence-corrected chi connectivity index (χ2v) is 7.03. The van der Waals surface area contributed by atoms with Crippen molar-refractivity contribution in [3.05, 3.63) is 58.3 Å². The second-order valence-electron chi connectivity index (χ2n) is 7.03. The van der Waals surface area contributed by atoms with Crippen LogP contribution in [-0.4, -0.2) is 41.0 Å². The molecule has 2 amide bonds. The van der Waals surface area contributed by atoms with Gasteiger partial charge in [-0.25, -0.2) is 4.39 Å². The molecule has 1 N–H and O–H groups in total. The summed E-state index contributed by atoms with van der Waals surface area (Å²) in [4.78, 5) is 39.2. The molecule has 3 rings (SSSR count). The van der Waals surface area contributed by atoms with Crippen LogP contribution >= 0.6 is 0 Å². The lowest BCUT2D eigenvalue weighted by molar-refractivity contribution is -0.118. The van der Waals surface area contributed by atoms with E-state index in [9.17, 15) is 18.8 Å². The smallest absolute Gasteiger partial charge is 0.274 e. The summed E-state index contributed by atoms with van der Waals surface area (Å²) in [7, 11) is 1.52. The Kier molecular flexibility index (Phi) is 6.64. The van der Waals surface area contributed by atoms with Crippen LogP contribution in [-0.2, 0) is 11.8 Å². The molecular weight excluding hydrogens is 377 g/mol. The van der Waals surface area contributed by atoms with E-state index in [4.69, 9.17) is 4.74 Å². The van der Waals surface area contributed by atoms with E-state index in [1.54, 1.807) is 11.0 Å². The van der Waals surface area contributed by atoms with E-state index in [1.807, 2.05) is 0 Å². The van der Waals surface area contributed by atoms with Crippen molar-refractivity contribution in [1.82, 2.24) is 9.47 Å². The third-order valence-electron chi connectivity index (χ3n) is 4.79. The largest absolute Gasteiger partial charge is 0.481 e. The average Bonchev–Trinajstić information content (AvgIpc) is 2.99. The lowest BCUT2D eigenvalue weighted by Gasteiger charge is -2.21. The summed E-state index contributed by atoms with van der Waals surface area (Å²) in [6.07, 6.45) is 5.57. The van der Waals surface area contributed by atoms with Gasteiger partial charge in [-0.05, 0) is 31.0 Å². The summed E-state index contributed by atoms with van der Waals surface area (Å²) in [6, 6.07) is 7.11. The molecule has 0 atom stereocenters. The number of ether oxygens (including phenoxy) is 1. The lowest BCUT2D eigenvalue weighted by atomic mass is 10.2. The molecule has 0 radical (unpaired) electrons. The molecule has 1 aliphatic heterocycles. The highest BCUT2D eigenvalue weighted by Gasteiger charge is 2.20. The topological polar surface area (TPSA) is 80.6 Å². The Morgan fingerprint density at radius 2 is 1.83 bits per heavy atom. The zero-order chi connectivity index (χ0) is 20.8. The zero-order valence-corrected chi connectivity index (χ0v) is 16.3. The van der Waals surface area contributed by atoms with Gasteiger partial charge in [0.2, 0.25) is 0 Å². The summed E-state index contributed by atoms with van der Waals surface area (Å²) < 4.78 is 20.0. The fourth-order valence-electron chi connectivity index (χ4n) is 3.27. The van der Waals surface area contributed by atoms with Gasteiger partial charge in [0.25, 0.3) is 17.4 Å². The minimum absolute atomic E-state index is 0.0182. The van der Waals surface area contributed by atoms with Crippen LogP contribution in [0.15, 0.2) is 41.3 Å². The first-order valence-electron chi connectivity index (χ1n) is 9.63. The number of hydrogen-bond donors (Lipinski definition) is 1. The Labute approximate surface area is 168 Å². The first-order valence-corrected chi connectivity index (χ1v) is 9.63. The highest BCUT2D eigenvalue weighted by molar-refractivity contribution is 5.97. The maximum atomic E-state index is 13.6. The molecule has 0 saturated carbocycles. The van der Waals surface area contributed by atoms with E-state index in [2.05, 4.69) is 5.32 Å². The maximum absolute atomic E-state index is 13.6. The van der Waals surface area contributed by atoms with Crippen LogP contribution in [0.1, 0.15) is 36.0 Å². The minimum Gasteiger partial charge on any atom is -0.481 e. The Bertz CT molecular complexity index is 949. The number of amides is 2. The number of para-hydroxylation sites is 1. The number of rotatable bonds is 5. The molecule has 1 aromatic carbocycles. The quantitative estimate of drug-likeness (QED) is 0.835. The molecule has 29 heavy (non-hydrogen) atoms. The minimum atomic E-state index is -0.621. The summed E-state index contributed by atoms with van der Waals surface area (Å²) in [5.74, 6) is -1.42. The van der Waals surface area contributed by atoms with E-state index in [0.717, 1.165) is 25.7 Å². The van der Waals surface area contributed by atoms with Gasteiger partial charge >= 0.3 is 0 Å². The maximum Gasteiger partial charge on any atom is 0.274 e. The number of aryl methyl sites for hydroxylation is 1. The molecule has 2 heterocycles. The summed E-state index contributed by atoms with van der Waals surface area (Å²) in [6.45, 7) is 0.897. The van der Waals surface area contributed by atoms with E-state index >= 15 is 0 Å². The number of pyridine rings is 1. The van der Waals surface area contributed by atoms with Gasteiger partial charge in [0.1, 0.15) is 5.69 Å². The van der Waals surface area contributed by atoms with Crippen LogP contribution in [0.3, 0.4) is 0 Å².